The molecule has 0 atom stereocenters. The molecule has 11 heteroatoms. The Morgan fingerprint density at radius 1 is 1.06 bits per heavy atom. The van der Waals surface area contributed by atoms with Crippen LogP contribution in [0.3, 0.4) is 0 Å². The van der Waals surface area contributed by atoms with E-state index in [1.165, 1.54) is 12.1 Å². The summed E-state index contributed by atoms with van der Waals surface area (Å²) in [6, 6.07) is 20.6. The zero-order valence-corrected chi connectivity index (χ0v) is 21.3. The molecule has 0 saturated heterocycles. The maximum atomic E-state index is 13.4. The molecule has 0 bridgehead atoms. The number of aromatic nitrogens is 3. The van der Waals surface area contributed by atoms with E-state index in [9.17, 15) is 18.0 Å². The number of carbonyl (C=O) groups excluding carboxylic acids is 1. The molecule has 0 radical (unpaired) electrons. The lowest BCUT2D eigenvalue weighted by molar-refractivity contribution is -0.137. The molecule has 4 aromatic rings. The van der Waals surface area contributed by atoms with Gasteiger partial charge in [0.25, 0.3) is 0 Å². The van der Waals surface area contributed by atoms with E-state index in [4.69, 9.17) is 4.74 Å². The highest BCUT2D eigenvalue weighted by molar-refractivity contribution is 9.10. The lowest BCUT2D eigenvalue weighted by atomic mass is 10.1. The van der Waals surface area contributed by atoms with E-state index in [0.717, 1.165) is 29.1 Å². The molecule has 3 aromatic carbocycles. The van der Waals surface area contributed by atoms with Crippen molar-refractivity contribution in [3.8, 4) is 11.4 Å². The van der Waals surface area contributed by atoms with Crippen molar-refractivity contribution in [3.05, 3.63) is 94.2 Å². The van der Waals surface area contributed by atoms with Crippen LogP contribution in [0.15, 0.2) is 82.4 Å². The van der Waals surface area contributed by atoms with Crippen molar-refractivity contribution in [1.82, 2.24) is 14.8 Å². The van der Waals surface area contributed by atoms with Crippen molar-refractivity contribution in [2.75, 3.05) is 18.2 Å². The predicted octanol–water partition coefficient (Wildman–Crippen LogP) is 6.38. The number of anilines is 1. The fourth-order valence-corrected chi connectivity index (χ4v) is 4.59. The molecule has 0 saturated carbocycles. The van der Waals surface area contributed by atoms with Gasteiger partial charge in [-0.05, 0) is 48.0 Å². The number of carbonyl (C=O) groups is 1. The molecule has 0 aliphatic rings. The van der Waals surface area contributed by atoms with Crippen molar-refractivity contribution in [2.45, 2.75) is 17.8 Å². The summed E-state index contributed by atoms with van der Waals surface area (Å²) in [5.41, 5.74) is 0.560. The number of amides is 1. The molecular weight excluding hydrogens is 557 g/mol. The fourth-order valence-electron chi connectivity index (χ4n) is 3.45. The minimum Gasteiger partial charge on any atom is -0.497 e. The number of hydrogen-bond acceptors (Lipinski definition) is 5. The molecule has 36 heavy (non-hydrogen) atoms. The summed E-state index contributed by atoms with van der Waals surface area (Å²) in [6.45, 7) is 0. The van der Waals surface area contributed by atoms with Crippen LogP contribution in [0, 0.1) is 0 Å². The monoisotopic (exact) mass is 576 g/mol. The normalized spacial score (nSPS) is 11.4. The van der Waals surface area contributed by atoms with Gasteiger partial charge >= 0.3 is 6.18 Å². The number of thioether (sulfide) groups is 1. The smallest absolute Gasteiger partial charge is 0.418 e. The first-order valence-corrected chi connectivity index (χ1v) is 12.4. The van der Waals surface area contributed by atoms with Crippen LogP contribution >= 0.6 is 27.7 Å². The molecule has 0 aliphatic carbocycles. The van der Waals surface area contributed by atoms with Crippen molar-refractivity contribution >= 4 is 39.3 Å². The molecular formula is C25H20BrF3N4O2S. The quantitative estimate of drug-likeness (QED) is 0.246. The van der Waals surface area contributed by atoms with Crippen molar-refractivity contribution in [2.24, 2.45) is 0 Å². The second-order valence-corrected chi connectivity index (χ2v) is 9.48. The molecule has 6 nitrogen and oxygen atoms in total. The Morgan fingerprint density at radius 3 is 2.44 bits per heavy atom. The number of benzene rings is 3. The zero-order valence-electron chi connectivity index (χ0n) is 18.9. The highest BCUT2D eigenvalue weighted by Gasteiger charge is 2.34. The second kappa shape index (κ2) is 11.2. The standard InChI is InChI=1S/C25H20BrF3N4O2S/c1-35-19-10-8-18(9-11-19)33-22(13-16-5-3-2-4-6-16)31-32-24(33)36-15-23(34)30-21-12-7-17(26)14-20(21)25(27,28)29/h2-12,14H,13,15H2,1H3,(H,30,34). The summed E-state index contributed by atoms with van der Waals surface area (Å²) >= 11 is 4.12. The predicted molar refractivity (Wildman–Crippen MR) is 136 cm³/mol. The largest absolute Gasteiger partial charge is 0.497 e. The molecule has 1 heterocycles. The second-order valence-electron chi connectivity index (χ2n) is 7.62. The Kier molecular flexibility index (Phi) is 8.00. The van der Waals surface area contributed by atoms with Gasteiger partial charge in [-0.3, -0.25) is 9.36 Å². The number of nitrogens with zero attached hydrogens (tertiary/aromatic N) is 3. The number of halogens is 4. The highest BCUT2D eigenvalue weighted by Crippen LogP contribution is 2.36. The van der Waals surface area contributed by atoms with Gasteiger partial charge < -0.3 is 10.1 Å². The van der Waals surface area contributed by atoms with E-state index in [-0.39, 0.29) is 15.9 Å². The van der Waals surface area contributed by atoms with Crippen LogP contribution in [-0.4, -0.2) is 33.5 Å². The summed E-state index contributed by atoms with van der Waals surface area (Å²) in [7, 11) is 1.57. The van der Waals surface area contributed by atoms with Gasteiger partial charge in [-0.15, -0.1) is 10.2 Å². The van der Waals surface area contributed by atoms with Crippen LogP contribution in [0.25, 0.3) is 5.69 Å². The van der Waals surface area contributed by atoms with Gasteiger partial charge in [0.05, 0.1) is 24.1 Å². The zero-order chi connectivity index (χ0) is 25.7. The maximum Gasteiger partial charge on any atom is 0.418 e. The fraction of sp³-hybridized carbons (Fsp3) is 0.160. The average Bonchev–Trinajstić information content (AvgIpc) is 3.26. The van der Waals surface area contributed by atoms with Gasteiger partial charge in [0.2, 0.25) is 5.91 Å². The topological polar surface area (TPSA) is 69.0 Å². The van der Waals surface area contributed by atoms with Crippen LogP contribution in [-0.2, 0) is 17.4 Å². The highest BCUT2D eigenvalue weighted by atomic mass is 79.9. The van der Waals surface area contributed by atoms with Gasteiger partial charge in [-0.2, -0.15) is 13.2 Å². The van der Waals surface area contributed by atoms with E-state index in [1.807, 2.05) is 47.0 Å². The van der Waals surface area contributed by atoms with E-state index in [1.54, 1.807) is 19.2 Å². The Hall–Kier alpha value is -3.31. The van der Waals surface area contributed by atoms with Crippen LogP contribution in [0.4, 0.5) is 18.9 Å². The van der Waals surface area contributed by atoms with E-state index in [0.29, 0.717) is 23.2 Å². The number of alkyl halides is 3. The third-order valence-electron chi connectivity index (χ3n) is 5.13. The summed E-state index contributed by atoms with van der Waals surface area (Å²) in [5.74, 6) is 0.579. The van der Waals surface area contributed by atoms with Crippen LogP contribution < -0.4 is 10.1 Å². The minimum atomic E-state index is -4.61. The molecule has 4 rings (SSSR count). The first-order valence-electron chi connectivity index (χ1n) is 10.7. The third kappa shape index (κ3) is 6.27. The molecule has 1 aromatic heterocycles. The van der Waals surface area contributed by atoms with Crippen molar-refractivity contribution < 1.29 is 22.7 Å². The Balaban J connectivity index is 1.56. The van der Waals surface area contributed by atoms with Gasteiger partial charge in [0, 0.05) is 16.6 Å². The lowest BCUT2D eigenvalue weighted by Crippen LogP contribution is -2.18. The number of nitrogens with one attached hydrogen (secondary N) is 1. The van der Waals surface area contributed by atoms with Crippen molar-refractivity contribution in [1.29, 1.82) is 0 Å². The number of rotatable bonds is 8. The lowest BCUT2D eigenvalue weighted by Gasteiger charge is -2.14. The van der Waals surface area contributed by atoms with Gasteiger partial charge in [0.1, 0.15) is 11.6 Å². The molecule has 0 aliphatic heterocycles. The number of hydrogen-bond donors (Lipinski definition) is 1. The van der Waals surface area contributed by atoms with E-state index < -0.39 is 17.6 Å². The molecule has 0 spiro atoms. The SMILES string of the molecule is COc1ccc(-n2c(Cc3ccccc3)nnc2SCC(=O)Nc2ccc(Br)cc2C(F)(F)F)cc1. The Labute approximate surface area is 218 Å². The summed E-state index contributed by atoms with van der Waals surface area (Å²) in [4.78, 5) is 12.6. The van der Waals surface area contributed by atoms with Crippen LogP contribution in [0.2, 0.25) is 0 Å². The summed E-state index contributed by atoms with van der Waals surface area (Å²) in [6.07, 6.45) is -4.11. The summed E-state index contributed by atoms with van der Waals surface area (Å²) < 4.78 is 47.5. The van der Waals surface area contributed by atoms with Gasteiger partial charge in [-0.1, -0.05) is 58.0 Å². The number of ether oxygens (including phenoxy) is 1. The molecule has 1 N–H and O–H groups in total. The van der Waals surface area contributed by atoms with Crippen LogP contribution in [0.5, 0.6) is 5.75 Å². The minimum absolute atomic E-state index is 0.160. The first kappa shape index (κ1) is 25.8. The summed E-state index contributed by atoms with van der Waals surface area (Å²) in [5, 5.41) is 11.4. The van der Waals surface area contributed by atoms with E-state index >= 15 is 0 Å². The molecule has 186 valence electrons. The van der Waals surface area contributed by atoms with Crippen molar-refractivity contribution in [3.63, 3.8) is 0 Å². The Morgan fingerprint density at radius 2 is 1.78 bits per heavy atom. The molecule has 0 fully saturated rings. The third-order valence-corrected chi connectivity index (χ3v) is 6.55. The van der Waals surface area contributed by atoms with Crippen LogP contribution in [0.1, 0.15) is 17.0 Å². The van der Waals surface area contributed by atoms with E-state index in [2.05, 4.69) is 31.4 Å². The number of methoxy groups -OCH3 is 1. The molecule has 1 amide bonds. The van der Waals surface area contributed by atoms with Gasteiger partial charge in [0.15, 0.2) is 5.16 Å². The average molecular weight is 577 g/mol. The Bertz CT molecular complexity index is 1350. The van der Waals surface area contributed by atoms with Gasteiger partial charge in [-0.25, -0.2) is 0 Å². The first-order chi connectivity index (χ1) is 17.2. The maximum absolute atomic E-state index is 13.4. The molecule has 0 unspecified atom stereocenters.